The molecule has 2 aliphatic rings. The Hall–Kier alpha value is -0.150. The standard InChI is InChI=1S/C9H17FN2/c1-12-3-2-8(6-12)11-9-4-7(10)5-9/h7-9,11H,2-6H2,1H3/t7-,8-,9+/m1/s1. The highest BCUT2D eigenvalue weighted by Crippen LogP contribution is 2.24. The van der Waals surface area contributed by atoms with Crippen molar-refractivity contribution >= 4 is 0 Å². The van der Waals surface area contributed by atoms with Gasteiger partial charge in [-0.05, 0) is 32.9 Å². The molecule has 0 bridgehead atoms. The van der Waals surface area contributed by atoms with Crippen molar-refractivity contribution in [3.05, 3.63) is 0 Å². The van der Waals surface area contributed by atoms with Gasteiger partial charge in [-0.15, -0.1) is 0 Å². The second-order valence-electron chi connectivity index (χ2n) is 4.18. The normalized spacial score (nSPS) is 43.0. The van der Waals surface area contributed by atoms with Crippen LogP contribution in [-0.4, -0.2) is 43.3 Å². The molecule has 0 radical (unpaired) electrons. The highest BCUT2D eigenvalue weighted by atomic mass is 19.1. The van der Waals surface area contributed by atoms with Crippen LogP contribution in [0.4, 0.5) is 4.39 Å². The second-order valence-corrected chi connectivity index (χ2v) is 4.18. The third kappa shape index (κ3) is 1.77. The summed E-state index contributed by atoms with van der Waals surface area (Å²) in [6.45, 7) is 2.32. The molecule has 2 fully saturated rings. The molecular formula is C9H17FN2. The van der Waals surface area contributed by atoms with Crippen molar-refractivity contribution in [1.29, 1.82) is 0 Å². The predicted molar refractivity (Wildman–Crippen MR) is 47.0 cm³/mol. The van der Waals surface area contributed by atoms with Crippen LogP contribution in [0.5, 0.6) is 0 Å². The van der Waals surface area contributed by atoms with Crippen LogP contribution in [0.2, 0.25) is 0 Å². The minimum absolute atomic E-state index is 0.469. The summed E-state index contributed by atoms with van der Waals surface area (Å²) < 4.78 is 12.5. The molecular weight excluding hydrogens is 155 g/mol. The minimum Gasteiger partial charge on any atom is -0.310 e. The quantitative estimate of drug-likeness (QED) is 0.662. The number of nitrogens with zero attached hydrogens (tertiary/aromatic N) is 1. The lowest BCUT2D eigenvalue weighted by molar-refractivity contribution is 0.146. The Morgan fingerprint density at radius 3 is 2.58 bits per heavy atom. The Bertz CT molecular complexity index is 157. The van der Waals surface area contributed by atoms with Crippen molar-refractivity contribution in [2.75, 3.05) is 20.1 Å². The molecule has 12 heavy (non-hydrogen) atoms. The summed E-state index contributed by atoms with van der Waals surface area (Å²) in [4.78, 5) is 2.32. The van der Waals surface area contributed by atoms with Crippen LogP contribution in [0, 0.1) is 0 Å². The molecule has 0 spiro atoms. The van der Waals surface area contributed by atoms with E-state index in [4.69, 9.17) is 0 Å². The maximum atomic E-state index is 12.5. The first-order chi connectivity index (χ1) is 5.74. The van der Waals surface area contributed by atoms with Gasteiger partial charge >= 0.3 is 0 Å². The predicted octanol–water partition coefficient (Wildman–Crippen LogP) is 0.781. The molecule has 1 aliphatic carbocycles. The third-order valence-electron chi connectivity index (χ3n) is 2.94. The van der Waals surface area contributed by atoms with E-state index >= 15 is 0 Å². The molecule has 1 saturated carbocycles. The van der Waals surface area contributed by atoms with Gasteiger partial charge in [-0.3, -0.25) is 0 Å². The SMILES string of the molecule is CN1CC[C@@H](N[C@H]2C[C@@H](F)C2)C1. The number of rotatable bonds is 2. The summed E-state index contributed by atoms with van der Waals surface area (Å²) in [5, 5.41) is 3.49. The Morgan fingerprint density at radius 1 is 1.33 bits per heavy atom. The maximum Gasteiger partial charge on any atom is 0.103 e. The average molecular weight is 172 g/mol. The first-order valence-electron chi connectivity index (χ1n) is 4.82. The summed E-state index contributed by atoms with van der Waals surface area (Å²) in [7, 11) is 2.14. The van der Waals surface area contributed by atoms with Crippen LogP contribution < -0.4 is 5.32 Å². The lowest BCUT2D eigenvalue weighted by atomic mass is 9.90. The minimum atomic E-state index is -0.526. The van der Waals surface area contributed by atoms with E-state index in [1.165, 1.54) is 13.0 Å². The maximum absolute atomic E-state index is 12.5. The summed E-state index contributed by atoms with van der Waals surface area (Å²) in [5.41, 5.74) is 0. The van der Waals surface area contributed by atoms with Crippen molar-refractivity contribution in [3.63, 3.8) is 0 Å². The molecule has 1 heterocycles. The Labute approximate surface area is 73.1 Å². The largest absolute Gasteiger partial charge is 0.310 e. The molecule has 1 saturated heterocycles. The molecule has 2 rings (SSSR count). The molecule has 0 aromatic carbocycles. The third-order valence-corrected chi connectivity index (χ3v) is 2.94. The van der Waals surface area contributed by atoms with E-state index in [2.05, 4.69) is 17.3 Å². The van der Waals surface area contributed by atoms with Gasteiger partial charge in [0.05, 0.1) is 0 Å². The van der Waals surface area contributed by atoms with E-state index in [1.807, 2.05) is 0 Å². The van der Waals surface area contributed by atoms with Gasteiger partial charge in [0.2, 0.25) is 0 Å². The molecule has 2 nitrogen and oxygen atoms in total. The average Bonchev–Trinajstić information content (AvgIpc) is 2.33. The van der Waals surface area contributed by atoms with E-state index in [0.29, 0.717) is 12.1 Å². The van der Waals surface area contributed by atoms with Gasteiger partial charge in [-0.2, -0.15) is 0 Å². The topological polar surface area (TPSA) is 15.3 Å². The highest BCUT2D eigenvalue weighted by Gasteiger charge is 2.31. The van der Waals surface area contributed by atoms with E-state index < -0.39 is 6.17 Å². The zero-order valence-electron chi connectivity index (χ0n) is 7.59. The smallest absolute Gasteiger partial charge is 0.103 e. The van der Waals surface area contributed by atoms with Gasteiger partial charge in [-0.25, -0.2) is 4.39 Å². The molecule has 0 amide bonds. The van der Waals surface area contributed by atoms with Gasteiger partial charge in [0.15, 0.2) is 0 Å². The van der Waals surface area contributed by atoms with Crippen molar-refractivity contribution in [2.45, 2.75) is 37.5 Å². The number of nitrogens with one attached hydrogen (secondary N) is 1. The van der Waals surface area contributed by atoms with Crippen molar-refractivity contribution in [3.8, 4) is 0 Å². The number of likely N-dealkylation sites (tertiary alicyclic amines) is 1. The van der Waals surface area contributed by atoms with E-state index in [0.717, 1.165) is 19.4 Å². The van der Waals surface area contributed by atoms with Gasteiger partial charge in [0.25, 0.3) is 0 Å². The molecule has 0 aromatic heterocycles. The van der Waals surface area contributed by atoms with Crippen LogP contribution in [0.3, 0.4) is 0 Å². The van der Waals surface area contributed by atoms with Crippen LogP contribution in [0.15, 0.2) is 0 Å². The Kier molecular flexibility index (Phi) is 2.33. The van der Waals surface area contributed by atoms with Crippen molar-refractivity contribution in [2.24, 2.45) is 0 Å². The lowest BCUT2D eigenvalue weighted by Gasteiger charge is -2.32. The van der Waals surface area contributed by atoms with Crippen LogP contribution in [0.25, 0.3) is 0 Å². The van der Waals surface area contributed by atoms with E-state index in [9.17, 15) is 4.39 Å². The van der Waals surface area contributed by atoms with Gasteiger partial charge in [-0.1, -0.05) is 0 Å². The van der Waals surface area contributed by atoms with Gasteiger partial charge in [0, 0.05) is 18.6 Å². The van der Waals surface area contributed by atoms with Crippen LogP contribution in [0.1, 0.15) is 19.3 Å². The van der Waals surface area contributed by atoms with Crippen LogP contribution in [-0.2, 0) is 0 Å². The lowest BCUT2D eigenvalue weighted by Crippen LogP contribution is -2.47. The molecule has 70 valence electrons. The molecule has 0 aromatic rings. The first kappa shape index (κ1) is 8.45. The fourth-order valence-corrected chi connectivity index (χ4v) is 2.09. The van der Waals surface area contributed by atoms with Crippen molar-refractivity contribution < 1.29 is 4.39 Å². The van der Waals surface area contributed by atoms with E-state index in [-0.39, 0.29) is 0 Å². The molecule has 3 heteroatoms. The summed E-state index contributed by atoms with van der Waals surface area (Å²) in [6.07, 6.45) is 2.17. The monoisotopic (exact) mass is 172 g/mol. The van der Waals surface area contributed by atoms with Gasteiger partial charge < -0.3 is 10.2 Å². The molecule has 1 atom stereocenters. The van der Waals surface area contributed by atoms with Crippen LogP contribution >= 0.6 is 0 Å². The summed E-state index contributed by atoms with van der Waals surface area (Å²) in [6, 6.07) is 1.09. The Balaban J connectivity index is 1.67. The first-order valence-corrected chi connectivity index (χ1v) is 4.82. The number of hydrogen-bond donors (Lipinski definition) is 1. The number of hydrogen-bond acceptors (Lipinski definition) is 2. The molecule has 0 unspecified atom stereocenters. The molecule has 1 N–H and O–H groups in total. The highest BCUT2D eigenvalue weighted by molar-refractivity contribution is 4.90. The van der Waals surface area contributed by atoms with E-state index in [1.54, 1.807) is 0 Å². The van der Waals surface area contributed by atoms with Gasteiger partial charge in [0.1, 0.15) is 6.17 Å². The summed E-state index contributed by atoms with van der Waals surface area (Å²) in [5.74, 6) is 0. The van der Waals surface area contributed by atoms with Crippen molar-refractivity contribution in [1.82, 2.24) is 10.2 Å². The number of likely N-dealkylation sites (N-methyl/N-ethyl adjacent to an activating group) is 1. The fourth-order valence-electron chi connectivity index (χ4n) is 2.09. The second kappa shape index (κ2) is 3.30. The zero-order chi connectivity index (χ0) is 8.55. The zero-order valence-corrected chi connectivity index (χ0v) is 7.59. The number of alkyl halides is 1. The fraction of sp³-hybridized carbons (Fsp3) is 1.00. The molecule has 1 aliphatic heterocycles. The summed E-state index contributed by atoms with van der Waals surface area (Å²) >= 11 is 0. The number of halogens is 1. The Morgan fingerprint density at radius 2 is 2.08 bits per heavy atom.